The van der Waals surface area contributed by atoms with Crippen LogP contribution in [-0.4, -0.2) is 16.1 Å². The summed E-state index contributed by atoms with van der Waals surface area (Å²) >= 11 is 0. The number of carboxylic acid groups (broad SMARTS) is 1. The summed E-state index contributed by atoms with van der Waals surface area (Å²) in [4.78, 5) is 14.8. The van der Waals surface area contributed by atoms with Crippen molar-refractivity contribution in [2.24, 2.45) is 0 Å². The molecule has 1 aromatic carbocycles. The Morgan fingerprint density at radius 1 is 1.47 bits per heavy atom. The molecular weight excluding hydrogens is 197 g/mol. The minimum Gasteiger partial charge on any atom is -0.478 e. The highest BCUT2D eigenvalue weighted by atomic mass is 19.1. The molecule has 0 fully saturated rings. The molecule has 3 nitrogen and oxygen atoms in total. The van der Waals surface area contributed by atoms with Crippen molar-refractivity contribution in [1.82, 2.24) is 4.98 Å². The highest BCUT2D eigenvalue weighted by molar-refractivity contribution is 6.02. The summed E-state index contributed by atoms with van der Waals surface area (Å²) in [6.45, 7) is 1.59. The van der Waals surface area contributed by atoms with Gasteiger partial charge in [0.15, 0.2) is 0 Å². The molecule has 2 rings (SSSR count). The van der Waals surface area contributed by atoms with Gasteiger partial charge in [0.1, 0.15) is 5.82 Å². The van der Waals surface area contributed by atoms with Crippen LogP contribution >= 0.6 is 0 Å². The van der Waals surface area contributed by atoms with Gasteiger partial charge in [0.05, 0.1) is 11.1 Å². The average Bonchev–Trinajstić information content (AvgIpc) is 2.18. The highest BCUT2D eigenvalue weighted by Crippen LogP contribution is 2.20. The van der Waals surface area contributed by atoms with Crippen molar-refractivity contribution < 1.29 is 14.3 Å². The van der Waals surface area contributed by atoms with Gasteiger partial charge >= 0.3 is 5.97 Å². The monoisotopic (exact) mass is 205 g/mol. The molecule has 0 radical (unpaired) electrons. The third-order valence-corrected chi connectivity index (χ3v) is 2.25. The van der Waals surface area contributed by atoms with Crippen LogP contribution in [-0.2, 0) is 0 Å². The van der Waals surface area contributed by atoms with Gasteiger partial charge < -0.3 is 5.11 Å². The lowest BCUT2D eigenvalue weighted by molar-refractivity contribution is 0.0699. The van der Waals surface area contributed by atoms with Crippen LogP contribution in [0.15, 0.2) is 24.4 Å². The van der Waals surface area contributed by atoms with Gasteiger partial charge in [-0.25, -0.2) is 9.18 Å². The molecule has 0 amide bonds. The number of rotatable bonds is 1. The van der Waals surface area contributed by atoms with Gasteiger partial charge in [0.2, 0.25) is 0 Å². The quantitative estimate of drug-likeness (QED) is 0.777. The zero-order valence-electron chi connectivity index (χ0n) is 7.99. The maximum atomic E-state index is 13.2. The number of aromatic carboxylic acids is 1. The molecule has 0 aliphatic rings. The Hall–Kier alpha value is -1.97. The molecule has 0 bridgehead atoms. The van der Waals surface area contributed by atoms with Crippen molar-refractivity contribution in [3.8, 4) is 0 Å². The fourth-order valence-corrected chi connectivity index (χ4v) is 1.46. The Morgan fingerprint density at radius 3 is 2.87 bits per heavy atom. The number of fused-ring (bicyclic) bond motifs is 1. The van der Waals surface area contributed by atoms with E-state index in [0.29, 0.717) is 16.5 Å². The molecule has 0 saturated heterocycles. The first-order valence-corrected chi connectivity index (χ1v) is 4.38. The molecule has 0 atom stereocenters. The van der Waals surface area contributed by atoms with E-state index in [4.69, 9.17) is 5.11 Å². The minimum atomic E-state index is -1.03. The number of carbonyl (C=O) groups is 1. The molecule has 4 heteroatoms. The molecule has 0 spiro atoms. The van der Waals surface area contributed by atoms with Crippen molar-refractivity contribution in [1.29, 1.82) is 0 Å². The van der Waals surface area contributed by atoms with Crippen LogP contribution in [0, 0.1) is 12.7 Å². The number of aryl methyl sites for hydroxylation is 1. The van der Waals surface area contributed by atoms with Gasteiger partial charge in [-0.3, -0.25) is 4.98 Å². The summed E-state index contributed by atoms with van der Waals surface area (Å²) in [5, 5.41) is 9.38. The van der Waals surface area contributed by atoms with E-state index in [1.807, 2.05) is 0 Å². The van der Waals surface area contributed by atoms with Gasteiger partial charge in [-0.2, -0.15) is 0 Å². The molecule has 0 aliphatic heterocycles. The van der Waals surface area contributed by atoms with Crippen molar-refractivity contribution in [2.45, 2.75) is 6.92 Å². The van der Waals surface area contributed by atoms with Crippen molar-refractivity contribution in [2.75, 3.05) is 0 Å². The number of nitrogens with zero attached hydrogens (tertiary/aromatic N) is 1. The number of hydrogen-bond donors (Lipinski definition) is 1. The summed E-state index contributed by atoms with van der Waals surface area (Å²) in [7, 11) is 0. The van der Waals surface area contributed by atoms with E-state index >= 15 is 0 Å². The average molecular weight is 205 g/mol. The molecule has 2 aromatic rings. The molecule has 15 heavy (non-hydrogen) atoms. The van der Waals surface area contributed by atoms with Crippen molar-refractivity contribution >= 4 is 16.9 Å². The summed E-state index contributed by atoms with van der Waals surface area (Å²) in [5.41, 5.74) is 0.916. The Bertz CT molecular complexity index is 552. The van der Waals surface area contributed by atoms with Crippen LogP contribution < -0.4 is 0 Å². The summed E-state index contributed by atoms with van der Waals surface area (Å²) in [6, 6.07) is 4.15. The smallest absolute Gasteiger partial charge is 0.336 e. The van der Waals surface area contributed by atoms with E-state index in [1.54, 1.807) is 6.92 Å². The van der Waals surface area contributed by atoms with E-state index in [2.05, 4.69) is 4.98 Å². The SMILES string of the molecule is Cc1cc2c(C(=O)O)ccnc2cc1F. The summed E-state index contributed by atoms with van der Waals surface area (Å²) in [6.07, 6.45) is 1.36. The van der Waals surface area contributed by atoms with Gasteiger partial charge in [-0.15, -0.1) is 0 Å². The lowest BCUT2D eigenvalue weighted by Crippen LogP contribution is -1.99. The van der Waals surface area contributed by atoms with Crippen LogP contribution in [0.3, 0.4) is 0 Å². The molecule has 1 N–H and O–H groups in total. The second-order valence-corrected chi connectivity index (χ2v) is 3.28. The van der Waals surface area contributed by atoms with Crippen LogP contribution in [0.5, 0.6) is 0 Å². The second kappa shape index (κ2) is 3.31. The zero-order valence-corrected chi connectivity index (χ0v) is 7.99. The van der Waals surface area contributed by atoms with Gasteiger partial charge in [0.25, 0.3) is 0 Å². The second-order valence-electron chi connectivity index (χ2n) is 3.28. The first-order chi connectivity index (χ1) is 7.09. The molecule has 1 heterocycles. The topological polar surface area (TPSA) is 50.2 Å². The van der Waals surface area contributed by atoms with Gasteiger partial charge in [-0.05, 0) is 24.6 Å². The first-order valence-electron chi connectivity index (χ1n) is 4.38. The van der Waals surface area contributed by atoms with Gasteiger partial charge in [-0.1, -0.05) is 0 Å². The Balaban J connectivity index is 2.86. The number of benzene rings is 1. The van der Waals surface area contributed by atoms with Crippen LogP contribution in [0.2, 0.25) is 0 Å². The molecule has 0 unspecified atom stereocenters. The van der Waals surface area contributed by atoms with Gasteiger partial charge in [0, 0.05) is 17.6 Å². The predicted octanol–water partition coefficient (Wildman–Crippen LogP) is 2.38. The number of aromatic nitrogens is 1. The van der Waals surface area contributed by atoms with E-state index in [1.165, 1.54) is 24.4 Å². The Kier molecular flexibility index (Phi) is 2.11. The molecule has 0 saturated carbocycles. The number of halogens is 1. The largest absolute Gasteiger partial charge is 0.478 e. The van der Waals surface area contributed by atoms with E-state index < -0.39 is 5.97 Å². The lowest BCUT2D eigenvalue weighted by Gasteiger charge is -2.03. The lowest BCUT2D eigenvalue weighted by atomic mass is 10.1. The summed E-state index contributed by atoms with van der Waals surface area (Å²) in [5.74, 6) is -1.41. The van der Waals surface area contributed by atoms with E-state index in [9.17, 15) is 9.18 Å². The van der Waals surface area contributed by atoms with E-state index in [-0.39, 0.29) is 11.4 Å². The Labute approximate surface area is 85.2 Å². The van der Waals surface area contributed by atoms with E-state index in [0.717, 1.165) is 0 Å². The fourth-order valence-electron chi connectivity index (χ4n) is 1.46. The molecule has 1 aromatic heterocycles. The molecule has 76 valence electrons. The minimum absolute atomic E-state index is 0.142. The van der Waals surface area contributed by atoms with Crippen LogP contribution in [0.4, 0.5) is 4.39 Å². The maximum absolute atomic E-state index is 13.2. The van der Waals surface area contributed by atoms with Crippen molar-refractivity contribution in [3.05, 3.63) is 41.3 Å². The zero-order chi connectivity index (χ0) is 11.0. The molecular formula is C11H8FNO2. The Morgan fingerprint density at radius 2 is 2.20 bits per heavy atom. The number of hydrogen-bond acceptors (Lipinski definition) is 2. The third-order valence-electron chi connectivity index (χ3n) is 2.25. The number of carboxylic acids is 1. The molecule has 0 aliphatic carbocycles. The van der Waals surface area contributed by atoms with Crippen molar-refractivity contribution in [3.63, 3.8) is 0 Å². The normalized spacial score (nSPS) is 10.5. The number of pyridine rings is 1. The predicted molar refractivity (Wildman–Crippen MR) is 53.4 cm³/mol. The maximum Gasteiger partial charge on any atom is 0.336 e. The third kappa shape index (κ3) is 1.54. The summed E-state index contributed by atoms with van der Waals surface area (Å²) < 4.78 is 13.2. The highest BCUT2D eigenvalue weighted by Gasteiger charge is 2.10. The van der Waals surface area contributed by atoms with Crippen LogP contribution in [0.25, 0.3) is 10.9 Å². The van der Waals surface area contributed by atoms with Crippen LogP contribution in [0.1, 0.15) is 15.9 Å². The standard InChI is InChI=1S/C11H8FNO2/c1-6-4-8-7(11(14)15)2-3-13-10(8)5-9(6)12/h2-5H,1H3,(H,14,15). The fraction of sp³-hybridized carbons (Fsp3) is 0.0909. The first kappa shape index (κ1) is 9.58.